The van der Waals surface area contributed by atoms with Gasteiger partial charge in [-0.25, -0.2) is 4.79 Å². The van der Waals surface area contributed by atoms with Crippen LogP contribution in [0.4, 0.5) is 16.2 Å². The fourth-order valence-corrected chi connectivity index (χ4v) is 4.05. The van der Waals surface area contributed by atoms with Crippen LogP contribution < -0.4 is 20.7 Å². The van der Waals surface area contributed by atoms with Crippen molar-refractivity contribution in [3.8, 4) is 5.75 Å². The van der Waals surface area contributed by atoms with Crippen molar-refractivity contribution in [1.29, 1.82) is 0 Å². The standard InChI is InChI=1S/C29H33N5O3/c1-29(2,3)25-18-23(26(34-25)27(35)30-4)33-28(36)32-22-11-12-24(21-10-6-5-9-20(21)22)37-17-7-8-19-13-15-31-16-14-19/h5-6,9-16,18,34H,7-8,17H2,1-4H3,(H,30,35)(H2,32,33,36). The number of fused-ring (bicyclic) bond motifs is 1. The number of pyridine rings is 1. The Morgan fingerprint density at radius 1 is 0.946 bits per heavy atom. The van der Waals surface area contributed by atoms with E-state index in [0.29, 0.717) is 23.7 Å². The van der Waals surface area contributed by atoms with Crippen LogP contribution in [0.2, 0.25) is 0 Å². The molecular formula is C29H33N5O3. The molecular weight excluding hydrogens is 466 g/mol. The Labute approximate surface area is 216 Å². The summed E-state index contributed by atoms with van der Waals surface area (Å²) in [4.78, 5) is 32.5. The molecule has 2 heterocycles. The van der Waals surface area contributed by atoms with Crippen LogP contribution in [0.15, 0.2) is 67.0 Å². The number of benzene rings is 2. The van der Waals surface area contributed by atoms with Crippen LogP contribution in [-0.4, -0.2) is 35.6 Å². The van der Waals surface area contributed by atoms with Crippen molar-refractivity contribution in [3.05, 3.63) is 83.9 Å². The van der Waals surface area contributed by atoms with Gasteiger partial charge in [0.15, 0.2) is 0 Å². The second-order valence-corrected chi connectivity index (χ2v) is 9.84. The summed E-state index contributed by atoms with van der Waals surface area (Å²) in [5, 5.41) is 10.1. The van der Waals surface area contributed by atoms with Gasteiger partial charge in [0, 0.05) is 41.3 Å². The number of anilines is 2. The second-order valence-electron chi connectivity index (χ2n) is 9.84. The average molecular weight is 500 g/mol. The van der Waals surface area contributed by atoms with E-state index in [1.54, 1.807) is 25.5 Å². The molecule has 0 atom stereocenters. The number of aryl methyl sites for hydroxylation is 1. The largest absolute Gasteiger partial charge is 0.493 e. The second kappa shape index (κ2) is 11.2. The van der Waals surface area contributed by atoms with Gasteiger partial charge in [0.25, 0.3) is 5.91 Å². The van der Waals surface area contributed by atoms with Gasteiger partial charge in [-0.05, 0) is 48.7 Å². The van der Waals surface area contributed by atoms with Crippen molar-refractivity contribution < 1.29 is 14.3 Å². The smallest absolute Gasteiger partial charge is 0.323 e. The number of aromatic amines is 1. The van der Waals surface area contributed by atoms with Gasteiger partial charge in [-0.2, -0.15) is 0 Å². The molecule has 8 nitrogen and oxygen atoms in total. The number of hydrogen-bond acceptors (Lipinski definition) is 4. The number of rotatable bonds is 8. The van der Waals surface area contributed by atoms with Gasteiger partial charge in [-0.1, -0.05) is 45.0 Å². The van der Waals surface area contributed by atoms with Crippen molar-refractivity contribution in [2.75, 3.05) is 24.3 Å². The molecule has 0 aliphatic rings. The number of ether oxygens (including phenoxy) is 1. The molecule has 0 saturated heterocycles. The van der Waals surface area contributed by atoms with E-state index in [4.69, 9.17) is 4.74 Å². The van der Waals surface area contributed by atoms with Gasteiger partial charge < -0.3 is 25.7 Å². The first-order chi connectivity index (χ1) is 17.8. The molecule has 8 heteroatoms. The molecule has 4 aromatic rings. The molecule has 2 aromatic heterocycles. The third-order valence-corrected chi connectivity index (χ3v) is 6.08. The van der Waals surface area contributed by atoms with E-state index in [1.807, 2.05) is 69.3 Å². The van der Waals surface area contributed by atoms with Crippen LogP contribution in [-0.2, 0) is 11.8 Å². The molecule has 0 aliphatic heterocycles. The minimum Gasteiger partial charge on any atom is -0.493 e. The van der Waals surface area contributed by atoms with E-state index < -0.39 is 6.03 Å². The summed E-state index contributed by atoms with van der Waals surface area (Å²) in [5.74, 6) is 0.459. The van der Waals surface area contributed by atoms with Gasteiger partial charge in [0.2, 0.25) is 0 Å². The van der Waals surface area contributed by atoms with Gasteiger partial charge in [0.1, 0.15) is 11.4 Å². The minimum atomic E-state index is -0.444. The zero-order valence-electron chi connectivity index (χ0n) is 21.6. The fourth-order valence-electron chi connectivity index (χ4n) is 4.05. The SMILES string of the molecule is CNC(=O)c1[nH]c(C(C)(C)C)cc1NC(=O)Nc1ccc(OCCCc2ccncc2)c2ccccc12. The molecule has 0 saturated carbocycles. The Morgan fingerprint density at radius 2 is 1.65 bits per heavy atom. The molecule has 0 bridgehead atoms. The number of nitrogens with one attached hydrogen (secondary N) is 4. The zero-order valence-corrected chi connectivity index (χ0v) is 21.6. The first-order valence-corrected chi connectivity index (χ1v) is 12.3. The highest BCUT2D eigenvalue weighted by molar-refractivity contribution is 6.09. The van der Waals surface area contributed by atoms with E-state index in [0.717, 1.165) is 35.1 Å². The van der Waals surface area contributed by atoms with Crippen molar-refractivity contribution >= 4 is 34.1 Å². The first-order valence-electron chi connectivity index (χ1n) is 12.3. The lowest BCUT2D eigenvalue weighted by Gasteiger charge is -2.15. The van der Waals surface area contributed by atoms with Crippen molar-refractivity contribution in [3.63, 3.8) is 0 Å². The first kappa shape index (κ1) is 25.8. The van der Waals surface area contributed by atoms with E-state index in [-0.39, 0.29) is 11.3 Å². The van der Waals surface area contributed by atoms with Crippen LogP contribution in [0.5, 0.6) is 5.75 Å². The van der Waals surface area contributed by atoms with E-state index in [1.165, 1.54) is 5.56 Å². The lowest BCUT2D eigenvalue weighted by Crippen LogP contribution is -2.24. The molecule has 192 valence electrons. The summed E-state index contributed by atoms with van der Waals surface area (Å²) < 4.78 is 6.09. The molecule has 0 radical (unpaired) electrons. The van der Waals surface area contributed by atoms with E-state index >= 15 is 0 Å². The van der Waals surface area contributed by atoms with Crippen LogP contribution in [0.3, 0.4) is 0 Å². The Hall–Kier alpha value is -4.33. The number of carbonyl (C=O) groups excluding carboxylic acids is 2. The molecule has 0 spiro atoms. The van der Waals surface area contributed by atoms with Crippen LogP contribution in [0.1, 0.15) is 48.9 Å². The summed E-state index contributed by atoms with van der Waals surface area (Å²) in [6.45, 7) is 6.67. The van der Waals surface area contributed by atoms with Gasteiger partial charge in [-0.15, -0.1) is 0 Å². The Morgan fingerprint density at radius 3 is 2.35 bits per heavy atom. The summed E-state index contributed by atoms with van der Waals surface area (Å²) >= 11 is 0. The maximum Gasteiger partial charge on any atom is 0.323 e. The topological polar surface area (TPSA) is 108 Å². The lowest BCUT2D eigenvalue weighted by atomic mass is 9.92. The molecule has 4 rings (SSSR count). The van der Waals surface area contributed by atoms with E-state index in [9.17, 15) is 9.59 Å². The average Bonchev–Trinajstić information content (AvgIpc) is 3.32. The summed E-state index contributed by atoms with van der Waals surface area (Å²) in [5.41, 5.74) is 3.22. The Bertz CT molecular complexity index is 1390. The van der Waals surface area contributed by atoms with Crippen molar-refractivity contribution in [1.82, 2.24) is 15.3 Å². The quantitative estimate of drug-likeness (QED) is 0.227. The third kappa shape index (κ3) is 6.27. The minimum absolute atomic E-state index is 0.219. The predicted octanol–water partition coefficient (Wildman–Crippen LogP) is 5.88. The molecule has 37 heavy (non-hydrogen) atoms. The number of nitrogens with zero attached hydrogens (tertiary/aromatic N) is 1. The molecule has 0 unspecified atom stereocenters. The number of aromatic nitrogens is 2. The summed E-state index contributed by atoms with van der Waals surface area (Å²) in [7, 11) is 1.55. The van der Waals surface area contributed by atoms with Crippen LogP contribution in [0, 0.1) is 0 Å². The van der Waals surface area contributed by atoms with Gasteiger partial charge >= 0.3 is 6.03 Å². The highest BCUT2D eigenvalue weighted by Crippen LogP contribution is 2.32. The van der Waals surface area contributed by atoms with Gasteiger partial charge in [0.05, 0.1) is 18.0 Å². The maximum absolute atomic E-state index is 13.0. The fraction of sp³-hybridized carbons (Fsp3) is 0.276. The number of amides is 3. The zero-order chi connectivity index (χ0) is 26.4. The Balaban J connectivity index is 1.47. The normalized spacial score (nSPS) is 11.2. The lowest BCUT2D eigenvalue weighted by molar-refractivity contribution is 0.0959. The number of urea groups is 1. The highest BCUT2D eigenvalue weighted by Gasteiger charge is 2.23. The molecule has 2 aromatic carbocycles. The summed E-state index contributed by atoms with van der Waals surface area (Å²) in [6.07, 6.45) is 5.38. The Kier molecular flexibility index (Phi) is 7.77. The monoisotopic (exact) mass is 499 g/mol. The summed E-state index contributed by atoms with van der Waals surface area (Å²) in [6, 6.07) is 16.9. The van der Waals surface area contributed by atoms with Crippen LogP contribution >= 0.6 is 0 Å². The molecule has 3 amide bonds. The number of hydrogen-bond donors (Lipinski definition) is 4. The predicted molar refractivity (Wildman–Crippen MR) is 148 cm³/mol. The number of carbonyl (C=O) groups is 2. The van der Waals surface area contributed by atoms with E-state index in [2.05, 4.69) is 25.9 Å². The molecule has 4 N–H and O–H groups in total. The van der Waals surface area contributed by atoms with Crippen molar-refractivity contribution in [2.45, 2.75) is 39.0 Å². The van der Waals surface area contributed by atoms with Gasteiger partial charge in [-0.3, -0.25) is 9.78 Å². The van der Waals surface area contributed by atoms with Crippen LogP contribution in [0.25, 0.3) is 10.8 Å². The highest BCUT2D eigenvalue weighted by atomic mass is 16.5. The number of H-pyrrole nitrogens is 1. The van der Waals surface area contributed by atoms with Crippen molar-refractivity contribution in [2.24, 2.45) is 0 Å². The molecule has 0 fully saturated rings. The maximum atomic E-state index is 13.0. The molecule has 0 aliphatic carbocycles. The third-order valence-electron chi connectivity index (χ3n) is 6.08.